The Hall–Kier alpha value is -1.84. The third kappa shape index (κ3) is 6.32. The van der Waals surface area contributed by atoms with Crippen LogP contribution in [0.5, 0.6) is 0 Å². The highest BCUT2D eigenvalue weighted by Crippen LogP contribution is 2.42. The van der Waals surface area contributed by atoms with Crippen LogP contribution in [0.15, 0.2) is 30.3 Å². The Balaban J connectivity index is 2.11. The Morgan fingerprint density at radius 1 is 1.31 bits per heavy atom. The van der Waals surface area contributed by atoms with E-state index in [0.29, 0.717) is 12.3 Å². The molecule has 160 valence electrons. The Bertz CT molecular complexity index is 724. The van der Waals surface area contributed by atoms with Gasteiger partial charge in [0.1, 0.15) is 12.1 Å². The lowest BCUT2D eigenvalue weighted by atomic mass is 9.91. The van der Waals surface area contributed by atoms with Gasteiger partial charge in [-0.25, -0.2) is 4.79 Å². The number of rotatable bonds is 7. The first-order valence-corrected chi connectivity index (χ1v) is 13.4. The number of hydrogen-bond donors (Lipinski definition) is 0. The number of benzene rings is 1. The largest absolute Gasteiger partial charge is 0.442 e. The zero-order valence-corrected chi connectivity index (χ0v) is 19.8. The van der Waals surface area contributed by atoms with Gasteiger partial charge in [-0.1, -0.05) is 51.1 Å². The number of hydrogen-bond acceptors (Lipinski definition) is 4. The predicted octanol–water partition coefficient (Wildman–Crippen LogP) is 5.38. The van der Waals surface area contributed by atoms with Crippen LogP contribution in [0.1, 0.15) is 45.6 Å². The highest BCUT2D eigenvalue weighted by molar-refractivity contribution is 6.74. The van der Waals surface area contributed by atoms with E-state index in [1.165, 1.54) is 4.90 Å². The topological polar surface area (TPSA) is 62.6 Å². The highest BCUT2D eigenvalue weighted by Gasteiger charge is 2.45. The van der Waals surface area contributed by atoms with Crippen LogP contribution in [0.3, 0.4) is 0 Å². The number of nitriles is 1. The fourth-order valence-electron chi connectivity index (χ4n) is 3.57. The molecule has 2 atom stereocenters. The highest BCUT2D eigenvalue weighted by atomic mass is 28.4. The van der Waals surface area contributed by atoms with E-state index in [1.807, 2.05) is 24.3 Å². The minimum Gasteiger partial charge on any atom is -0.442 e. The first-order valence-electron chi connectivity index (χ1n) is 10.5. The van der Waals surface area contributed by atoms with Crippen molar-refractivity contribution in [3.8, 4) is 6.07 Å². The van der Waals surface area contributed by atoms with E-state index in [2.05, 4.69) is 46.0 Å². The minimum atomic E-state index is -1.81. The maximum Gasteiger partial charge on any atom is 0.410 e. The molecule has 0 N–H and O–H groups in total. The lowest BCUT2D eigenvalue weighted by Gasteiger charge is -2.37. The normalized spacial score (nSPS) is 22.2. The van der Waals surface area contributed by atoms with Crippen molar-refractivity contribution in [3.05, 3.63) is 35.9 Å². The molecule has 2 unspecified atom stereocenters. The van der Waals surface area contributed by atoms with E-state index in [0.717, 1.165) is 31.4 Å². The summed E-state index contributed by atoms with van der Waals surface area (Å²) in [6.45, 7) is 12.0. The molecule has 1 aromatic carbocycles. The summed E-state index contributed by atoms with van der Waals surface area (Å²) in [5.41, 5.74) is 0.623. The van der Waals surface area contributed by atoms with Gasteiger partial charge in [-0.05, 0) is 48.9 Å². The molecule has 0 saturated heterocycles. The van der Waals surface area contributed by atoms with E-state index in [-0.39, 0.29) is 11.6 Å². The predicted molar refractivity (Wildman–Crippen MR) is 118 cm³/mol. The van der Waals surface area contributed by atoms with Crippen LogP contribution in [-0.2, 0) is 15.6 Å². The second-order valence-electron chi connectivity index (χ2n) is 9.91. The molecule has 1 saturated carbocycles. The third-order valence-corrected chi connectivity index (χ3v) is 10.9. The van der Waals surface area contributed by atoms with E-state index in [9.17, 15) is 4.79 Å². The molecular formula is C23H36N2O3Si. The van der Waals surface area contributed by atoms with Crippen LogP contribution in [0, 0.1) is 17.2 Å². The Morgan fingerprint density at radius 3 is 2.55 bits per heavy atom. The summed E-state index contributed by atoms with van der Waals surface area (Å²) < 4.78 is 12.5. The first kappa shape index (κ1) is 23.4. The van der Waals surface area contributed by atoms with E-state index in [4.69, 9.17) is 14.4 Å². The fraction of sp³-hybridized carbons (Fsp3) is 0.652. The van der Waals surface area contributed by atoms with Gasteiger partial charge in [-0.2, -0.15) is 5.26 Å². The van der Waals surface area contributed by atoms with E-state index in [1.54, 1.807) is 7.05 Å². The average molecular weight is 417 g/mol. The summed E-state index contributed by atoms with van der Waals surface area (Å²) in [7, 11) is -0.200. The molecule has 1 fully saturated rings. The quantitative estimate of drug-likeness (QED) is 0.442. The zero-order chi connectivity index (χ0) is 21.7. The summed E-state index contributed by atoms with van der Waals surface area (Å²) >= 11 is 0. The summed E-state index contributed by atoms with van der Waals surface area (Å²) in [6, 6.07) is 12.2. The van der Waals surface area contributed by atoms with E-state index >= 15 is 0 Å². The summed E-state index contributed by atoms with van der Waals surface area (Å²) in [5, 5.41) is 9.07. The standard InChI is InChI=1S/C23H36N2O3Si/c1-22(2,3)29(5,6)27-18-20-12-13-23(17-20,16-19-10-8-7-9-11-19)28-21(26)25(4)15-14-24/h7-11,20H,12-13,15-18H2,1-6H3. The monoisotopic (exact) mass is 416 g/mol. The fourth-order valence-corrected chi connectivity index (χ4v) is 4.66. The van der Waals surface area contributed by atoms with Crippen LogP contribution in [0.2, 0.25) is 18.1 Å². The van der Waals surface area contributed by atoms with Crippen molar-refractivity contribution in [2.75, 3.05) is 20.2 Å². The van der Waals surface area contributed by atoms with Crippen LogP contribution >= 0.6 is 0 Å². The van der Waals surface area contributed by atoms with Crippen molar-refractivity contribution in [1.82, 2.24) is 4.90 Å². The molecule has 1 aromatic rings. The van der Waals surface area contributed by atoms with Gasteiger partial charge in [0.15, 0.2) is 8.32 Å². The lowest BCUT2D eigenvalue weighted by molar-refractivity contribution is -0.00455. The van der Waals surface area contributed by atoms with Crippen molar-refractivity contribution in [2.45, 2.75) is 70.2 Å². The molecule has 1 aliphatic rings. The van der Waals surface area contributed by atoms with Crippen LogP contribution in [-0.4, -0.2) is 45.1 Å². The molecular weight excluding hydrogens is 380 g/mol. The van der Waals surface area contributed by atoms with Crippen molar-refractivity contribution >= 4 is 14.4 Å². The minimum absolute atomic E-state index is 0.0260. The van der Waals surface area contributed by atoms with Crippen molar-refractivity contribution < 1.29 is 14.0 Å². The second kappa shape index (κ2) is 9.31. The molecule has 0 aromatic heterocycles. The van der Waals surface area contributed by atoms with Crippen LogP contribution < -0.4 is 0 Å². The number of carbonyl (C=O) groups is 1. The Morgan fingerprint density at radius 2 is 1.97 bits per heavy atom. The van der Waals surface area contributed by atoms with Crippen molar-refractivity contribution in [1.29, 1.82) is 5.26 Å². The van der Waals surface area contributed by atoms with Gasteiger partial charge in [0.25, 0.3) is 0 Å². The Labute approximate surface area is 177 Å². The Kier molecular flexibility index (Phi) is 7.53. The molecule has 1 aliphatic carbocycles. The molecule has 29 heavy (non-hydrogen) atoms. The third-order valence-electron chi connectivity index (χ3n) is 6.45. The molecule has 0 bridgehead atoms. The summed E-state index contributed by atoms with van der Waals surface area (Å²) in [6.07, 6.45) is 2.86. The maximum absolute atomic E-state index is 12.6. The zero-order valence-electron chi connectivity index (χ0n) is 18.8. The SMILES string of the molecule is CN(CC#N)C(=O)OC1(Cc2ccccc2)CCC(CO[Si](C)(C)C(C)(C)C)C1. The molecule has 0 heterocycles. The van der Waals surface area contributed by atoms with Crippen LogP contribution in [0.4, 0.5) is 4.79 Å². The van der Waals surface area contributed by atoms with Gasteiger partial charge >= 0.3 is 6.09 Å². The number of amides is 1. The van der Waals surface area contributed by atoms with Crippen molar-refractivity contribution in [3.63, 3.8) is 0 Å². The molecule has 0 aliphatic heterocycles. The van der Waals surface area contributed by atoms with Crippen molar-refractivity contribution in [2.24, 2.45) is 5.92 Å². The molecule has 6 heteroatoms. The van der Waals surface area contributed by atoms with Gasteiger partial charge in [0.05, 0.1) is 6.07 Å². The second-order valence-corrected chi connectivity index (χ2v) is 14.7. The number of nitrogens with zero attached hydrogens (tertiary/aromatic N) is 2. The maximum atomic E-state index is 12.6. The summed E-state index contributed by atoms with van der Waals surface area (Å²) in [5.74, 6) is 0.377. The van der Waals surface area contributed by atoms with E-state index < -0.39 is 20.0 Å². The van der Waals surface area contributed by atoms with Gasteiger partial charge < -0.3 is 9.16 Å². The first-order chi connectivity index (χ1) is 13.5. The smallest absolute Gasteiger partial charge is 0.410 e. The van der Waals surface area contributed by atoms with Gasteiger partial charge in [-0.15, -0.1) is 0 Å². The summed E-state index contributed by atoms with van der Waals surface area (Å²) in [4.78, 5) is 13.9. The van der Waals surface area contributed by atoms with Gasteiger partial charge in [-0.3, -0.25) is 4.90 Å². The number of carbonyl (C=O) groups excluding carboxylic acids is 1. The van der Waals surface area contributed by atoms with Gasteiger partial charge in [0.2, 0.25) is 0 Å². The molecule has 1 amide bonds. The number of ether oxygens (including phenoxy) is 1. The molecule has 0 radical (unpaired) electrons. The molecule has 2 rings (SSSR count). The lowest BCUT2D eigenvalue weighted by Crippen LogP contribution is -2.42. The molecule has 5 nitrogen and oxygen atoms in total. The molecule has 0 spiro atoms. The van der Waals surface area contributed by atoms with Crippen LogP contribution in [0.25, 0.3) is 0 Å². The average Bonchev–Trinajstić information content (AvgIpc) is 3.03. The van der Waals surface area contributed by atoms with Gasteiger partial charge in [0, 0.05) is 20.1 Å².